The van der Waals surface area contributed by atoms with E-state index in [-0.39, 0.29) is 10.8 Å². The molecule has 0 N–H and O–H groups in total. The van der Waals surface area contributed by atoms with E-state index in [4.69, 9.17) is 0 Å². The van der Waals surface area contributed by atoms with E-state index in [0.717, 1.165) is 11.4 Å². The van der Waals surface area contributed by atoms with Gasteiger partial charge in [-0.25, -0.2) is 0 Å². The number of rotatable bonds is 5. The summed E-state index contributed by atoms with van der Waals surface area (Å²) in [7, 11) is 0. The largest absolute Gasteiger partial charge is 0.309 e. The van der Waals surface area contributed by atoms with Crippen LogP contribution in [0.4, 0.5) is 17.1 Å². The zero-order valence-electron chi connectivity index (χ0n) is 38.8. The van der Waals surface area contributed by atoms with E-state index in [9.17, 15) is 0 Å². The van der Waals surface area contributed by atoms with Crippen molar-refractivity contribution in [2.75, 3.05) is 4.90 Å². The molecule has 0 heterocycles. The summed E-state index contributed by atoms with van der Waals surface area (Å²) in [5, 5.41) is 0. The molecular weight excluding hydrogens is 819 g/mol. The van der Waals surface area contributed by atoms with Crippen LogP contribution in [0.15, 0.2) is 224 Å². The van der Waals surface area contributed by atoms with Crippen molar-refractivity contribution in [1.29, 1.82) is 0 Å². The van der Waals surface area contributed by atoms with E-state index in [1.54, 1.807) is 0 Å². The predicted octanol–water partition coefficient (Wildman–Crippen LogP) is 17.4. The van der Waals surface area contributed by atoms with Crippen molar-refractivity contribution in [3.05, 3.63) is 269 Å². The molecule has 0 unspecified atom stereocenters. The van der Waals surface area contributed by atoms with Crippen LogP contribution in [-0.2, 0) is 16.2 Å². The highest BCUT2D eigenvalue weighted by molar-refractivity contribution is 6.03. The second kappa shape index (κ2) is 14.0. The van der Waals surface area contributed by atoms with Gasteiger partial charge in [-0.05, 0) is 130 Å². The normalized spacial score (nSPS) is 15.1. The van der Waals surface area contributed by atoms with Gasteiger partial charge in [0.05, 0.1) is 16.8 Å². The van der Waals surface area contributed by atoms with Gasteiger partial charge in [0.1, 0.15) is 0 Å². The fraction of sp³-hybridized carbons (Fsp3) is 0.104. The zero-order chi connectivity index (χ0) is 45.5. The van der Waals surface area contributed by atoms with Crippen molar-refractivity contribution in [1.82, 2.24) is 0 Å². The van der Waals surface area contributed by atoms with Gasteiger partial charge in [-0.15, -0.1) is 0 Å². The van der Waals surface area contributed by atoms with Crippen LogP contribution in [0.5, 0.6) is 0 Å². The molecule has 0 aliphatic heterocycles. The maximum absolute atomic E-state index is 2.57. The number of nitrogens with zero attached hydrogens (tertiary/aromatic N) is 1. The van der Waals surface area contributed by atoms with Gasteiger partial charge in [0.25, 0.3) is 0 Å². The molecule has 0 amide bonds. The summed E-state index contributed by atoms with van der Waals surface area (Å²) in [6.45, 7) is 9.53. The monoisotopic (exact) mass is 867 g/mol. The van der Waals surface area contributed by atoms with Crippen molar-refractivity contribution in [3.63, 3.8) is 0 Å². The first-order chi connectivity index (χ1) is 33.3. The highest BCUT2D eigenvalue weighted by atomic mass is 15.1. The average Bonchev–Trinajstić information content (AvgIpc) is 4.02. The maximum atomic E-state index is 2.57. The van der Waals surface area contributed by atoms with Crippen LogP contribution < -0.4 is 4.90 Å². The topological polar surface area (TPSA) is 3.24 Å². The highest BCUT2D eigenvalue weighted by Crippen LogP contribution is 2.65. The van der Waals surface area contributed by atoms with Gasteiger partial charge in [0.2, 0.25) is 0 Å². The Morgan fingerprint density at radius 3 is 1.34 bits per heavy atom. The lowest BCUT2D eigenvalue weighted by Crippen LogP contribution is -2.26. The van der Waals surface area contributed by atoms with Crippen LogP contribution in [0.2, 0.25) is 0 Å². The van der Waals surface area contributed by atoms with Gasteiger partial charge < -0.3 is 4.90 Å². The van der Waals surface area contributed by atoms with E-state index in [0.29, 0.717) is 0 Å². The molecule has 4 aliphatic carbocycles. The first kappa shape index (κ1) is 39.2. The highest BCUT2D eigenvalue weighted by Gasteiger charge is 2.52. The van der Waals surface area contributed by atoms with E-state index >= 15 is 0 Å². The minimum absolute atomic E-state index is 0.0718. The quantitative estimate of drug-likeness (QED) is 0.167. The fourth-order valence-corrected chi connectivity index (χ4v) is 13.4. The van der Waals surface area contributed by atoms with Crippen molar-refractivity contribution in [3.8, 4) is 66.8 Å². The minimum atomic E-state index is -0.457. The lowest BCUT2D eigenvalue weighted by Gasteiger charge is -2.33. The van der Waals surface area contributed by atoms with Gasteiger partial charge >= 0.3 is 0 Å². The van der Waals surface area contributed by atoms with Crippen molar-refractivity contribution in [2.45, 2.75) is 43.9 Å². The Bertz CT molecular complexity index is 3700. The molecule has 1 heteroatoms. The zero-order valence-corrected chi connectivity index (χ0v) is 38.8. The molecule has 0 saturated heterocycles. The molecule has 0 bridgehead atoms. The molecule has 0 saturated carbocycles. The standard InChI is InChI=1S/C67H49N/c1-65(2)54-27-11-5-19-45(54)49-40-37-43(41-60(49)65)42-35-38-44(39-36-42)68(61-33-16-10-23-50(61)52-26-17-25-51-48-22-6-12-28-55(48)66(3,4)64(51)52)62-34-18-32-59-63(62)53-24-9-15-31-58(53)67(59)56-29-13-7-20-46(56)47-21-8-14-30-57(47)67/h5-41H,1-4H3. The van der Waals surface area contributed by atoms with Crippen molar-refractivity contribution < 1.29 is 0 Å². The fourth-order valence-electron chi connectivity index (χ4n) is 13.4. The van der Waals surface area contributed by atoms with Crippen LogP contribution in [0, 0.1) is 0 Å². The van der Waals surface area contributed by atoms with E-state index in [1.807, 2.05) is 0 Å². The summed E-state index contributed by atoms with van der Waals surface area (Å²) >= 11 is 0. The number of hydrogen-bond donors (Lipinski definition) is 0. The van der Waals surface area contributed by atoms with E-state index in [2.05, 4.69) is 257 Å². The summed E-state index contributed by atoms with van der Waals surface area (Å²) in [4.78, 5) is 2.57. The Balaban J connectivity index is 1.00. The third-order valence-electron chi connectivity index (χ3n) is 16.3. The second-order valence-corrected chi connectivity index (χ2v) is 20.3. The summed E-state index contributed by atoms with van der Waals surface area (Å²) in [5.41, 5.74) is 29.1. The Hall–Kier alpha value is -8.00. The predicted molar refractivity (Wildman–Crippen MR) is 283 cm³/mol. The molecule has 0 fully saturated rings. The third-order valence-corrected chi connectivity index (χ3v) is 16.3. The number of hydrogen-bond acceptors (Lipinski definition) is 1. The maximum Gasteiger partial charge on any atom is 0.0726 e. The number of anilines is 3. The minimum Gasteiger partial charge on any atom is -0.309 e. The van der Waals surface area contributed by atoms with Crippen LogP contribution in [0.25, 0.3) is 66.8 Å². The van der Waals surface area contributed by atoms with Crippen LogP contribution >= 0.6 is 0 Å². The Morgan fingerprint density at radius 2 is 0.691 bits per heavy atom. The average molecular weight is 868 g/mol. The molecule has 1 spiro atoms. The Morgan fingerprint density at radius 1 is 0.279 bits per heavy atom. The summed E-state index contributed by atoms with van der Waals surface area (Å²) < 4.78 is 0. The number of para-hydroxylation sites is 1. The third kappa shape index (κ3) is 5.06. The molecule has 0 aromatic heterocycles. The van der Waals surface area contributed by atoms with Gasteiger partial charge in [-0.3, -0.25) is 0 Å². The second-order valence-electron chi connectivity index (χ2n) is 20.3. The van der Waals surface area contributed by atoms with Gasteiger partial charge in [-0.1, -0.05) is 222 Å². The first-order valence-electron chi connectivity index (χ1n) is 24.2. The van der Waals surface area contributed by atoms with Gasteiger partial charge in [0, 0.05) is 27.6 Å². The van der Waals surface area contributed by atoms with Crippen LogP contribution in [-0.4, -0.2) is 0 Å². The van der Waals surface area contributed by atoms with Crippen LogP contribution in [0.3, 0.4) is 0 Å². The molecule has 1 nitrogen and oxygen atoms in total. The van der Waals surface area contributed by atoms with Crippen molar-refractivity contribution >= 4 is 17.1 Å². The molecule has 14 rings (SSSR count). The lowest BCUT2D eigenvalue weighted by atomic mass is 9.70. The Kier molecular flexibility index (Phi) is 8.08. The number of benzene rings is 10. The molecule has 322 valence electrons. The molecule has 10 aromatic rings. The molecule has 4 aliphatic rings. The SMILES string of the molecule is CC1(C)c2ccccc2-c2ccc(-c3ccc(N(c4ccccc4-c4cccc5c4C(C)(C)c4ccccc4-5)c4cccc5c4-c4ccccc4C54c5ccccc5-c5ccccc54)cc3)cc21. The summed E-state index contributed by atoms with van der Waals surface area (Å²) in [5.74, 6) is 0. The Labute approximate surface area is 399 Å². The first-order valence-corrected chi connectivity index (χ1v) is 24.2. The summed E-state index contributed by atoms with van der Waals surface area (Å²) in [6.07, 6.45) is 0. The molecule has 10 aromatic carbocycles. The van der Waals surface area contributed by atoms with Gasteiger partial charge in [0.15, 0.2) is 0 Å². The molecular formula is C67H49N. The molecule has 0 radical (unpaired) electrons. The van der Waals surface area contributed by atoms with Gasteiger partial charge in [-0.2, -0.15) is 0 Å². The molecule has 0 atom stereocenters. The smallest absolute Gasteiger partial charge is 0.0726 e. The van der Waals surface area contributed by atoms with Crippen molar-refractivity contribution in [2.24, 2.45) is 0 Å². The number of fused-ring (bicyclic) bond motifs is 16. The molecule has 68 heavy (non-hydrogen) atoms. The van der Waals surface area contributed by atoms with E-state index in [1.165, 1.54) is 117 Å². The van der Waals surface area contributed by atoms with Crippen LogP contribution in [0.1, 0.15) is 72.2 Å². The lowest BCUT2D eigenvalue weighted by molar-refractivity contribution is 0.660. The summed E-state index contributed by atoms with van der Waals surface area (Å²) in [6, 6.07) is 84.9. The van der Waals surface area contributed by atoms with E-state index < -0.39 is 5.41 Å².